The van der Waals surface area contributed by atoms with Crippen LogP contribution in [0.15, 0.2) is 50.4 Å². The van der Waals surface area contributed by atoms with Crippen LogP contribution in [-0.2, 0) is 4.79 Å². The topological polar surface area (TPSA) is 80.2 Å². The standard InChI is InChI=1S/C16H14Br2N2O4/c1-23-12-3-5-15(13(18)7-12)24-9-16(22)20-19-8-10-6-11(17)2-4-14(10)21/h2-8,21H,9H2,1H3,(H,20,22). The van der Waals surface area contributed by atoms with E-state index in [9.17, 15) is 9.90 Å². The average molecular weight is 458 g/mol. The minimum absolute atomic E-state index is 0.0645. The zero-order valence-corrected chi connectivity index (χ0v) is 15.8. The van der Waals surface area contributed by atoms with Crippen molar-refractivity contribution in [2.75, 3.05) is 13.7 Å². The number of hydrogen-bond donors (Lipinski definition) is 2. The normalized spacial score (nSPS) is 10.6. The summed E-state index contributed by atoms with van der Waals surface area (Å²) in [4.78, 5) is 11.7. The Balaban J connectivity index is 1.87. The van der Waals surface area contributed by atoms with E-state index in [1.54, 1.807) is 37.4 Å². The maximum absolute atomic E-state index is 11.7. The summed E-state index contributed by atoms with van der Waals surface area (Å²) in [6.07, 6.45) is 1.35. The summed E-state index contributed by atoms with van der Waals surface area (Å²) < 4.78 is 11.9. The molecule has 0 unspecified atom stereocenters. The molecule has 2 aromatic rings. The number of nitrogens with one attached hydrogen (secondary N) is 1. The van der Waals surface area contributed by atoms with Gasteiger partial charge in [0.1, 0.15) is 17.2 Å². The number of phenolic OH excluding ortho intramolecular Hbond substituents is 1. The predicted molar refractivity (Wildman–Crippen MR) is 97.7 cm³/mol. The number of phenols is 1. The smallest absolute Gasteiger partial charge is 0.277 e. The maximum atomic E-state index is 11.7. The van der Waals surface area contributed by atoms with E-state index in [1.165, 1.54) is 12.3 Å². The van der Waals surface area contributed by atoms with Crippen molar-refractivity contribution in [3.63, 3.8) is 0 Å². The second-order valence-electron chi connectivity index (χ2n) is 4.58. The quantitative estimate of drug-likeness (QED) is 0.514. The van der Waals surface area contributed by atoms with Crippen molar-refractivity contribution in [3.8, 4) is 17.2 Å². The molecule has 6 nitrogen and oxygen atoms in total. The van der Waals surface area contributed by atoms with Gasteiger partial charge in [0.05, 0.1) is 17.8 Å². The van der Waals surface area contributed by atoms with Gasteiger partial charge in [-0.15, -0.1) is 0 Å². The van der Waals surface area contributed by atoms with E-state index in [-0.39, 0.29) is 12.4 Å². The molecule has 0 aliphatic heterocycles. The van der Waals surface area contributed by atoms with Gasteiger partial charge < -0.3 is 14.6 Å². The summed E-state index contributed by atoms with van der Waals surface area (Å²) in [5.41, 5.74) is 2.80. The summed E-state index contributed by atoms with van der Waals surface area (Å²) in [7, 11) is 1.57. The maximum Gasteiger partial charge on any atom is 0.277 e. The molecular weight excluding hydrogens is 444 g/mol. The van der Waals surface area contributed by atoms with Crippen LogP contribution in [0.5, 0.6) is 17.2 Å². The number of amides is 1. The molecule has 0 aliphatic rings. The number of carbonyl (C=O) groups is 1. The van der Waals surface area contributed by atoms with E-state index in [1.807, 2.05) is 0 Å². The van der Waals surface area contributed by atoms with E-state index in [2.05, 4.69) is 42.4 Å². The largest absolute Gasteiger partial charge is 0.507 e. The molecule has 2 N–H and O–H groups in total. The van der Waals surface area contributed by atoms with E-state index < -0.39 is 5.91 Å². The molecule has 0 radical (unpaired) electrons. The van der Waals surface area contributed by atoms with Crippen molar-refractivity contribution >= 4 is 44.0 Å². The molecule has 0 saturated carbocycles. The van der Waals surface area contributed by atoms with Crippen LogP contribution in [0.3, 0.4) is 0 Å². The summed E-state index contributed by atoms with van der Waals surface area (Å²) >= 11 is 6.63. The van der Waals surface area contributed by atoms with Crippen molar-refractivity contribution in [2.45, 2.75) is 0 Å². The lowest BCUT2D eigenvalue weighted by atomic mass is 10.2. The lowest BCUT2D eigenvalue weighted by Gasteiger charge is -2.08. The fraction of sp³-hybridized carbons (Fsp3) is 0.125. The minimum atomic E-state index is -0.427. The van der Waals surface area contributed by atoms with Gasteiger partial charge >= 0.3 is 0 Å². The summed E-state index contributed by atoms with van der Waals surface area (Å²) in [6.45, 7) is -0.202. The van der Waals surface area contributed by atoms with E-state index in [0.29, 0.717) is 21.5 Å². The summed E-state index contributed by atoms with van der Waals surface area (Å²) in [6, 6.07) is 10.1. The summed E-state index contributed by atoms with van der Waals surface area (Å²) in [5.74, 6) is 0.828. The first-order chi connectivity index (χ1) is 11.5. The number of nitrogens with zero attached hydrogens (tertiary/aromatic N) is 1. The zero-order valence-electron chi connectivity index (χ0n) is 12.6. The molecule has 0 atom stereocenters. The van der Waals surface area contributed by atoms with E-state index in [4.69, 9.17) is 9.47 Å². The first-order valence-corrected chi connectivity index (χ1v) is 8.35. The van der Waals surface area contributed by atoms with Crippen LogP contribution in [0.2, 0.25) is 0 Å². The van der Waals surface area contributed by atoms with Gasteiger partial charge in [-0.25, -0.2) is 5.43 Å². The first kappa shape index (κ1) is 18.3. The Bertz CT molecular complexity index is 766. The van der Waals surface area contributed by atoms with Crippen molar-refractivity contribution in [1.82, 2.24) is 5.43 Å². The Morgan fingerprint density at radius 1 is 1.29 bits per heavy atom. The molecule has 2 aromatic carbocycles. The molecule has 24 heavy (non-hydrogen) atoms. The van der Waals surface area contributed by atoms with E-state index >= 15 is 0 Å². The number of ether oxygens (including phenoxy) is 2. The Kier molecular flexibility index (Phi) is 6.62. The van der Waals surface area contributed by atoms with Crippen LogP contribution in [-0.4, -0.2) is 30.9 Å². The van der Waals surface area contributed by atoms with Gasteiger partial charge in [-0.2, -0.15) is 5.10 Å². The highest BCUT2D eigenvalue weighted by atomic mass is 79.9. The van der Waals surface area contributed by atoms with Gasteiger partial charge in [-0.1, -0.05) is 15.9 Å². The molecule has 0 fully saturated rings. The number of hydrogen-bond acceptors (Lipinski definition) is 5. The number of methoxy groups -OCH3 is 1. The fourth-order valence-corrected chi connectivity index (χ4v) is 2.55. The van der Waals surface area contributed by atoms with Gasteiger partial charge in [-0.05, 0) is 52.3 Å². The Morgan fingerprint density at radius 3 is 2.79 bits per heavy atom. The molecule has 0 saturated heterocycles. The highest BCUT2D eigenvalue weighted by molar-refractivity contribution is 9.10. The number of halogens is 2. The predicted octanol–water partition coefficient (Wildman–Crippen LogP) is 3.45. The van der Waals surface area contributed by atoms with Crippen molar-refractivity contribution < 1.29 is 19.4 Å². The number of rotatable bonds is 6. The molecule has 0 aliphatic carbocycles. The van der Waals surface area contributed by atoms with Gasteiger partial charge in [0, 0.05) is 10.0 Å². The molecule has 0 aromatic heterocycles. The lowest BCUT2D eigenvalue weighted by Crippen LogP contribution is -2.24. The molecule has 2 rings (SSSR count). The zero-order chi connectivity index (χ0) is 17.5. The third kappa shape index (κ3) is 5.24. The third-order valence-corrected chi connectivity index (χ3v) is 3.99. The number of aromatic hydroxyl groups is 1. The monoisotopic (exact) mass is 456 g/mol. The highest BCUT2D eigenvalue weighted by Crippen LogP contribution is 2.29. The minimum Gasteiger partial charge on any atom is -0.507 e. The van der Waals surface area contributed by atoms with Crippen molar-refractivity contribution in [1.29, 1.82) is 0 Å². The molecule has 126 valence electrons. The molecule has 0 spiro atoms. The lowest BCUT2D eigenvalue weighted by molar-refractivity contribution is -0.123. The van der Waals surface area contributed by atoms with Crippen LogP contribution in [0, 0.1) is 0 Å². The number of benzene rings is 2. The second-order valence-corrected chi connectivity index (χ2v) is 6.35. The number of hydrazone groups is 1. The average Bonchev–Trinajstić information content (AvgIpc) is 2.56. The Labute approximate surface area is 155 Å². The Hall–Kier alpha value is -2.06. The van der Waals surface area contributed by atoms with Gasteiger partial charge in [-0.3, -0.25) is 4.79 Å². The SMILES string of the molecule is COc1ccc(OCC(=O)NN=Cc2cc(Br)ccc2O)c(Br)c1. The van der Waals surface area contributed by atoms with Crippen LogP contribution in [0.25, 0.3) is 0 Å². The van der Waals surface area contributed by atoms with Gasteiger partial charge in [0.2, 0.25) is 0 Å². The molecule has 0 heterocycles. The molecular formula is C16H14Br2N2O4. The van der Waals surface area contributed by atoms with Gasteiger partial charge in [0.25, 0.3) is 5.91 Å². The van der Waals surface area contributed by atoms with Crippen molar-refractivity contribution in [2.24, 2.45) is 5.10 Å². The van der Waals surface area contributed by atoms with Crippen LogP contribution >= 0.6 is 31.9 Å². The number of carbonyl (C=O) groups excluding carboxylic acids is 1. The van der Waals surface area contributed by atoms with Crippen molar-refractivity contribution in [3.05, 3.63) is 50.9 Å². The summed E-state index contributed by atoms with van der Waals surface area (Å²) in [5, 5.41) is 13.4. The molecule has 0 bridgehead atoms. The van der Waals surface area contributed by atoms with Gasteiger partial charge in [0.15, 0.2) is 6.61 Å². The first-order valence-electron chi connectivity index (χ1n) is 6.76. The van der Waals surface area contributed by atoms with Crippen LogP contribution < -0.4 is 14.9 Å². The Morgan fingerprint density at radius 2 is 2.08 bits per heavy atom. The second kappa shape index (κ2) is 8.70. The molecule has 1 amide bonds. The van der Waals surface area contributed by atoms with Crippen LogP contribution in [0.1, 0.15) is 5.56 Å². The molecule has 8 heteroatoms. The van der Waals surface area contributed by atoms with E-state index in [0.717, 1.165) is 4.47 Å². The highest BCUT2D eigenvalue weighted by Gasteiger charge is 2.06. The third-order valence-electron chi connectivity index (χ3n) is 2.88. The van der Waals surface area contributed by atoms with Crippen LogP contribution in [0.4, 0.5) is 0 Å². The fourth-order valence-electron chi connectivity index (χ4n) is 1.70.